The topological polar surface area (TPSA) is 51.5 Å². The van der Waals surface area contributed by atoms with Crippen LogP contribution in [0.15, 0.2) is 18.3 Å². The van der Waals surface area contributed by atoms with Crippen molar-refractivity contribution in [2.24, 2.45) is 7.05 Å². The molecule has 2 rings (SSSR count). The number of carboxylic acid groups (broad SMARTS) is 1. The molecule has 1 heterocycles. The molecule has 1 N–H and O–H groups in total. The molecular weight excluding hydrogens is 263 g/mol. The van der Waals surface area contributed by atoms with Crippen molar-refractivity contribution in [3.8, 4) is 5.75 Å². The molecule has 0 atom stereocenters. The van der Waals surface area contributed by atoms with Gasteiger partial charge in [0, 0.05) is 24.7 Å². The Kier molecular flexibility index (Phi) is 2.92. The number of hydrogen-bond acceptors (Lipinski definition) is 2. The second-order valence-corrected chi connectivity index (χ2v) is 4.03. The van der Waals surface area contributed by atoms with Crippen LogP contribution in [0.2, 0.25) is 0 Å². The van der Waals surface area contributed by atoms with Gasteiger partial charge in [0.2, 0.25) is 0 Å². The van der Waals surface area contributed by atoms with Crippen molar-refractivity contribution in [3.05, 3.63) is 29.5 Å². The van der Waals surface area contributed by atoms with Crippen LogP contribution in [0, 0.1) is 0 Å². The molecule has 2 aromatic rings. The number of aromatic nitrogens is 1. The summed E-state index contributed by atoms with van der Waals surface area (Å²) < 4.78 is 44.8. The van der Waals surface area contributed by atoms with Crippen molar-refractivity contribution in [2.45, 2.75) is 6.18 Å². The summed E-state index contributed by atoms with van der Waals surface area (Å²) in [7, 11) is 2.69. The van der Waals surface area contributed by atoms with E-state index in [4.69, 9.17) is 9.84 Å². The first-order valence-corrected chi connectivity index (χ1v) is 5.23. The average Bonchev–Trinajstić information content (AvgIpc) is 2.64. The molecule has 4 nitrogen and oxygen atoms in total. The number of carboxylic acids is 1. The molecule has 1 aromatic carbocycles. The van der Waals surface area contributed by atoms with Crippen molar-refractivity contribution in [1.82, 2.24) is 4.57 Å². The average molecular weight is 273 g/mol. The van der Waals surface area contributed by atoms with E-state index < -0.39 is 17.7 Å². The van der Waals surface area contributed by atoms with Gasteiger partial charge in [-0.05, 0) is 6.07 Å². The zero-order chi connectivity index (χ0) is 14.4. The summed E-state index contributed by atoms with van der Waals surface area (Å²) in [4.78, 5) is 11.0. The van der Waals surface area contributed by atoms with Crippen LogP contribution in [-0.4, -0.2) is 22.8 Å². The summed E-state index contributed by atoms with van der Waals surface area (Å²) in [6, 6.07) is 1.99. The molecule has 0 saturated carbocycles. The lowest BCUT2D eigenvalue weighted by molar-refractivity contribution is -0.138. The van der Waals surface area contributed by atoms with E-state index in [2.05, 4.69) is 0 Å². The molecular formula is C12H10F3NO3. The fourth-order valence-electron chi connectivity index (χ4n) is 1.97. The van der Waals surface area contributed by atoms with Gasteiger partial charge in [0.05, 0.1) is 23.8 Å². The van der Waals surface area contributed by atoms with Crippen LogP contribution in [0.25, 0.3) is 10.9 Å². The Morgan fingerprint density at radius 1 is 1.37 bits per heavy atom. The minimum absolute atomic E-state index is 0.0307. The Labute approximate surface area is 106 Å². The normalized spacial score (nSPS) is 11.8. The van der Waals surface area contributed by atoms with E-state index in [1.54, 1.807) is 7.05 Å². The molecule has 1 aromatic heterocycles. The number of halogens is 3. The third-order valence-corrected chi connectivity index (χ3v) is 2.85. The summed E-state index contributed by atoms with van der Waals surface area (Å²) in [5, 5.41) is 9.02. The Morgan fingerprint density at radius 3 is 2.47 bits per heavy atom. The summed E-state index contributed by atoms with van der Waals surface area (Å²) in [6.45, 7) is 0. The third kappa shape index (κ3) is 2.11. The number of hydrogen-bond donors (Lipinski definition) is 1. The van der Waals surface area contributed by atoms with Gasteiger partial charge in [-0.2, -0.15) is 13.2 Å². The maximum atomic E-state index is 12.9. The molecule has 0 fully saturated rings. The molecule has 0 spiro atoms. The van der Waals surface area contributed by atoms with E-state index >= 15 is 0 Å². The number of ether oxygens (including phenoxy) is 1. The zero-order valence-electron chi connectivity index (χ0n) is 10.1. The van der Waals surface area contributed by atoms with Crippen molar-refractivity contribution in [2.75, 3.05) is 7.11 Å². The van der Waals surface area contributed by atoms with E-state index in [0.717, 1.165) is 13.2 Å². The lowest BCUT2D eigenvalue weighted by Crippen LogP contribution is -2.08. The van der Waals surface area contributed by atoms with Crippen molar-refractivity contribution in [3.63, 3.8) is 0 Å². The van der Waals surface area contributed by atoms with Crippen molar-refractivity contribution in [1.29, 1.82) is 0 Å². The number of fused-ring (bicyclic) bond motifs is 1. The summed E-state index contributed by atoms with van der Waals surface area (Å²) >= 11 is 0. The molecule has 0 aliphatic carbocycles. The summed E-state index contributed by atoms with van der Waals surface area (Å²) in [5.74, 6) is -1.61. The largest absolute Gasteiger partial charge is 0.496 e. The first kappa shape index (κ1) is 13.3. The number of aromatic carboxylic acids is 1. The van der Waals surface area contributed by atoms with Gasteiger partial charge < -0.3 is 14.4 Å². The Balaban J connectivity index is 2.85. The quantitative estimate of drug-likeness (QED) is 0.915. The lowest BCUT2D eigenvalue weighted by Gasteiger charge is -2.12. The summed E-state index contributed by atoms with van der Waals surface area (Å²) in [6.07, 6.45) is -3.34. The van der Waals surface area contributed by atoms with Crippen molar-refractivity contribution >= 4 is 16.9 Å². The van der Waals surface area contributed by atoms with Gasteiger partial charge in [0.25, 0.3) is 0 Å². The second kappa shape index (κ2) is 4.18. The molecule has 0 radical (unpaired) electrons. The third-order valence-electron chi connectivity index (χ3n) is 2.85. The van der Waals surface area contributed by atoms with E-state index in [0.29, 0.717) is 5.52 Å². The number of methoxy groups -OCH3 is 1. The van der Waals surface area contributed by atoms with Crippen LogP contribution in [0.5, 0.6) is 5.75 Å². The Hall–Kier alpha value is -2.18. The van der Waals surface area contributed by atoms with E-state index in [9.17, 15) is 18.0 Å². The number of alkyl halides is 3. The predicted octanol–water partition coefficient (Wildman–Crippen LogP) is 2.90. The standard InChI is InChI=1S/C12H10F3NO3/c1-16-5-7(11(17)18)6-3-8(12(13,14)15)10(19-2)4-9(6)16/h3-5H,1-2H3,(H,17,18). The maximum absolute atomic E-state index is 12.9. The highest BCUT2D eigenvalue weighted by molar-refractivity contribution is 6.04. The smallest absolute Gasteiger partial charge is 0.419 e. The maximum Gasteiger partial charge on any atom is 0.419 e. The first-order chi connectivity index (χ1) is 8.75. The number of carbonyl (C=O) groups is 1. The summed E-state index contributed by atoms with van der Waals surface area (Å²) in [5.41, 5.74) is -0.802. The van der Waals surface area contributed by atoms with Crippen LogP contribution < -0.4 is 4.74 Å². The van der Waals surface area contributed by atoms with E-state index in [1.165, 1.54) is 16.8 Å². The fraction of sp³-hybridized carbons (Fsp3) is 0.250. The Morgan fingerprint density at radius 2 is 2.00 bits per heavy atom. The van der Waals surface area contributed by atoms with Gasteiger partial charge in [-0.15, -0.1) is 0 Å². The molecule has 0 aliphatic heterocycles. The first-order valence-electron chi connectivity index (χ1n) is 5.23. The molecule has 19 heavy (non-hydrogen) atoms. The minimum atomic E-state index is -4.61. The predicted molar refractivity (Wildman–Crippen MR) is 61.4 cm³/mol. The highest BCUT2D eigenvalue weighted by Crippen LogP contribution is 2.39. The molecule has 0 bridgehead atoms. The van der Waals surface area contributed by atoms with Crippen LogP contribution in [-0.2, 0) is 13.2 Å². The van der Waals surface area contributed by atoms with E-state index in [1.807, 2.05) is 0 Å². The lowest BCUT2D eigenvalue weighted by atomic mass is 10.1. The molecule has 0 saturated heterocycles. The molecule has 0 unspecified atom stereocenters. The van der Waals surface area contributed by atoms with Gasteiger partial charge in [-0.1, -0.05) is 0 Å². The van der Waals surface area contributed by atoms with Gasteiger partial charge in [-0.25, -0.2) is 4.79 Å². The Bertz CT molecular complexity index is 658. The number of nitrogens with zero attached hydrogens (tertiary/aromatic N) is 1. The fourth-order valence-corrected chi connectivity index (χ4v) is 1.97. The highest BCUT2D eigenvalue weighted by atomic mass is 19.4. The van der Waals surface area contributed by atoms with E-state index in [-0.39, 0.29) is 16.7 Å². The van der Waals surface area contributed by atoms with Crippen LogP contribution in [0.1, 0.15) is 15.9 Å². The SMILES string of the molecule is COc1cc2c(cc1C(F)(F)F)c(C(=O)O)cn2C. The molecule has 102 valence electrons. The number of benzene rings is 1. The second-order valence-electron chi connectivity index (χ2n) is 4.03. The molecule has 0 aliphatic rings. The highest BCUT2D eigenvalue weighted by Gasteiger charge is 2.35. The van der Waals surface area contributed by atoms with Crippen LogP contribution in [0.4, 0.5) is 13.2 Å². The zero-order valence-corrected chi connectivity index (χ0v) is 10.1. The van der Waals surface area contributed by atoms with Crippen LogP contribution in [0.3, 0.4) is 0 Å². The molecule has 7 heteroatoms. The number of aryl methyl sites for hydroxylation is 1. The van der Waals surface area contributed by atoms with Crippen LogP contribution >= 0.6 is 0 Å². The van der Waals surface area contributed by atoms with Gasteiger partial charge >= 0.3 is 12.1 Å². The minimum Gasteiger partial charge on any atom is -0.496 e. The molecule has 0 amide bonds. The number of rotatable bonds is 2. The van der Waals surface area contributed by atoms with Gasteiger partial charge in [0.15, 0.2) is 0 Å². The van der Waals surface area contributed by atoms with Gasteiger partial charge in [-0.3, -0.25) is 0 Å². The van der Waals surface area contributed by atoms with Gasteiger partial charge in [0.1, 0.15) is 5.75 Å². The monoisotopic (exact) mass is 273 g/mol. The van der Waals surface area contributed by atoms with Crippen molar-refractivity contribution < 1.29 is 27.8 Å².